The molecule has 0 aliphatic rings. The van der Waals surface area contributed by atoms with E-state index in [1.165, 1.54) is 0 Å². The molecule has 0 fully saturated rings. The molecule has 0 unspecified atom stereocenters. The molecule has 3 rings (SSSR count). The first-order valence-electron chi connectivity index (χ1n) is 5.03. The van der Waals surface area contributed by atoms with Crippen LogP contribution in [0, 0.1) is 5.82 Å². The largest absolute Gasteiger partial charge is 0.205 e. The molecule has 0 aromatic heterocycles. The van der Waals surface area contributed by atoms with Crippen LogP contribution in [-0.4, -0.2) is 0 Å². The van der Waals surface area contributed by atoms with E-state index in [0.717, 1.165) is 16.2 Å². The van der Waals surface area contributed by atoms with Crippen LogP contribution in [0.1, 0.15) is 0 Å². The molecule has 0 spiro atoms. The highest BCUT2D eigenvalue weighted by Crippen LogP contribution is 2.30. The van der Waals surface area contributed by atoms with Crippen molar-refractivity contribution in [1.29, 1.82) is 0 Å². The number of hydrogen-bond acceptors (Lipinski definition) is 0. The van der Waals surface area contributed by atoms with E-state index in [1.54, 1.807) is 12.1 Å². The minimum absolute atomic E-state index is 0.169. The van der Waals surface area contributed by atoms with Crippen molar-refractivity contribution in [3.05, 3.63) is 59.4 Å². The van der Waals surface area contributed by atoms with Crippen molar-refractivity contribution >= 4 is 33.1 Å². The van der Waals surface area contributed by atoms with Crippen LogP contribution in [0.25, 0.3) is 21.5 Å². The zero-order valence-corrected chi connectivity index (χ0v) is 9.13. The Morgan fingerprint density at radius 3 is 2.38 bits per heavy atom. The van der Waals surface area contributed by atoms with E-state index in [2.05, 4.69) is 0 Å². The minimum Gasteiger partial charge on any atom is -0.205 e. The maximum absolute atomic E-state index is 13.8. The summed E-state index contributed by atoms with van der Waals surface area (Å²) < 4.78 is 13.8. The van der Waals surface area contributed by atoms with E-state index in [-0.39, 0.29) is 10.8 Å². The highest BCUT2D eigenvalue weighted by Gasteiger charge is 2.07. The summed E-state index contributed by atoms with van der Waals surface area (Å²) in [7, 11) is 0. The summed E-state index contributed by atoms with van der Waals surface area (Å²) in [5.41, 5.74) is 0. The average Bonchev–Trinajstić information content (AvgIpc) is 2.33. The predicted octanol–water partition coefficient (Wildman–Crippen LogP) is 4.79. The topological polar surface area (TPSA) is 0 Å². The second-order valence-electron chi connectivity index (χ2n) is 3.74. The number of fused-ring (bicyclic) bond motifs is 3. The van der Waals surface area contributed by atoms with Crippen LogP contribution in [0.15, 0.2) is 48.5 Å². The van der Waals surface area contributed by atoms with Crippen molar-refractivity contribution in [1.82, 2.24) is 0 Å². The van der Waals surface area contributed by atoms with Crippen molar-refractivity contribution < 1.29 is 4.39 Å². The third-order valence-electron chi connectivity index (χ3n) is 2.81. The Labute approximate surface area is 97.3 Å². The van der Waals surface area contributed by atoms with Gasteiger partial charge in [-0.2, -0.15) is 0 Å². The van der Waals surface area contributed by atoms with Gasteiger partial charge in [-0.3, -0.25) is 0 Å². The number of halogens is 2. The molecule has 16 heavy (non-hydrogen) atoms. The number of hydrogen-bond donors (Lipinski definition) is 0. The molecule has 0 aliphatic heterocycles. The first-order valence-corrected chi connectivity index (χ1v) is 5.40. The van der Waals surface area contributed by atoms with Gasteiger partial charge in [0.2, 0.25) is 0 Å². The summed E-state index contributed by atoms with van der Waals surface area (Å²) >= 11 is 5.76. The van der Waals surface area contributed by atoms with E-state index in [0.29, 0.717) is 5.39 Å². The zero-order chi connectivity index (χ0) is 11.1. The molecule has 0 N–H and O–H groups in total. The van der Waals surface area contributed by atoms with Gasteiger partial charge in [0.1, 0.15) is 5.82 Å². The lowest BCUT2D eigenvalue weighted by atomic mass is 10.0. The van der Waals surface area contributed by atoms with Gasteiger partial charge in [-0.15, -0.1) is 0 Å². The Kier molecular flexibility index (Phi) is 2.08. The van der Waals surface area contributed by atoms with E-state index in [9.17, 15) is 4.39 Å². The fraction of sp³-hybridized carbons (Fsp3) is 0. The summed E-state index contributed by atoms with van der Waals surface area (Å²) in [6, 6.07) is 15.1. The van der Waals surface area contributed by atoms with Gasteiger partial charge in [-0.1, -0.05) is 54.1 Å². The van der Waals surface area contributed by atoms with E-state index >= 15 is 0 Å². The predicted molar refractivity (Wildman–Crippen MR) is 66.4 cm³/mol. The molecule has 0 saturated carbocycles. The Bertz CT molecular complexity index is 689. The van der Waals surface area contributed by atoms with E-state index in [1.807, 2.05) is 36.4 Å². The van der Waals surface area contributed by atoms with Crippen LogP contribution in [0.4, 0.5) is 4.39 Å². The number of benzene rings is 3. The van der Waals surface area contributed by atoms with Crippen molar-refractivity contribution in [2.75, 3.05) is 0 Å². The summed E-state index contributed by atoms with van der Waals surface area (Å²) in [5.74, 6) is -0.343. The van der Waals surface area contributed by atoms with Crippen LogP contribution in [0.3, 0.4) is 0 Å². The SMILES string of the molecule is Fc1c(Cl)ccc2c1ccc1ccccc12. The van der Waals surface area contributed by atoms with Gasteiger partial charge in [-0.25, -0.2) is 4.39 Å². The summed E-state index contributed by atoms with van der Waals surface area (Å²) in [6.07, 6.45) is 0. The third kappa shape index (κ3) is 1.29. The van der Waals surface area contributed by atoms with Crippen molar-refractivity contribution in [3.63, 3.8) is 0 Å². The molecule has 0 aliphatic carbocycles. The second kappa shape index (κ2) is 3.46. The van der Waals surface area contributed by atoms with Crippen LogP contribution in [0.2, 0.25) is 5.02 Å². The lowest BCUT2D eigenvalue weighted by Crippen LogP contribution is -1.83. The van der Waals surface area contributed by atoms with E-state index in [4.69, 9.17) is 11.6 Å². The van der Waals surface area contributed by atoms with Gasteiger partial charge in [0.05, 0.1) is 5.02 Å². The molecule has 0 saturated heterocycles. The molecule has 0 atom stereocenters. The molecule has 2 heteroatoms. The molecule has 0 radical (unpaired) electrons. The Balaban J connectivity index is 2.58. The van der Waals surface area contributed by atoms with Crippen molar-refractivity contribution in [2.24, 2.45) is 0 Å². The average molecular weight is 231 g/mol. The van der Waals surface area contributed by atoms with Crippen LogP contribution >= 0.6 is 11.6 Å². The first-order chi connectivity index (χ1) is 7.77. The zero-order valence-electron chi connectivity index (χ0n) is 8.37. The molecule has 3 aromatic rings. The fourth-order valence-corrected chi connectivity index (χ4v) is 2.19. The normalized spacial score (nSPS) is 11.1. The fourth-order valence-electron chi connectivity index (χ4n) is 2.02. The lowest BCUT2D eigenvalue weighted by molar-refractivity contribution is 0.640. The molecule has 0 nitrogen and oxygen atoms in total. The van der Waals surface area contributed by atoms with Gasteiger partial charge in [-0.05, 0) is 22.2 Å². The summed E-state index contributed by atoms with van der Waals surface area (Å²) in [6.45, 7) is 0. The summed E-state index contributed by atoms with van der Waals surface area (Å²) in [4.78, 5) is 0. The molecule has 0 heterocycles. The van der Waals surface area contributed by atoms with E-state index < -0.39 is 0 Å². The van der Waals surface area contributed by atoms with Crippen molar-refractivity contribution in [3.8, 4) is 0 Å². The van der Waals surface area contributed by atoms with Gasteiger partial charge in [0.15, 0.2) is 0 Å². The highest BCUT2D eigenvalue weighted by molar-refractivity contribution is 6.31. The Hall–Kier alpha value is -1.60. The maximum Gasteiger partial charge on any atom is 0.149 e. The van der Waals surface area contributed by atoms with Crippen molar-refractivity contribution in [2.45, 2.75) is 0 Å². The smallest absolute Gasteiger partial charge is 0.149 e. The lowest BCUT2D eigenvalue weighted by Gasteiger charge is -2.05. The molecule has 0 amide bonds. The van der Waals surface area contributed by atoms with Crippen LogP contribution < -0.4 is 0 Å². The van der Waals surface area contributed by atoms with Gasteiger partial charge < -0.3 is 0 Å². The van der Waals surface area contributed by atoms with Gasteiger partial charge in [0, 0.05) is 5.39 Å². The standard InChI is InChI=1S/C14H8ClF/c15-13-8-7-11-10-4-2-1-3-9(10)5-6-12(11)14(13)16/h1-8H. The Morgan fingerprint density at radius 1 is 0.750 bits per heavy atom. The monoisotopic (exact) mass is 230 g/mol. The second-order valence-corrected chi connectivity index (χ2v) is 4.15. The van der Waals surface area contributed by atoms with Gasteiger partial charge in [0.25, 0.3) is 0 Å². The number of rotatable bonds is 0. The Morgan fingerprint density at radius 2 is 1.50 bits per heavy atom. The summed E-state index contributed by atoms with van der Waals surface area (Å²) in [5, 5.41) is 3.81. The van der Waals surface area contributed by atoms with Gasteiger partial charge >= 0.3 is 0 Å². The van der Waals surface area contributed by atoms with Crippen LogP contribution in [-0.2, 0) is 0 Å². The molecule has 0 bridgehead atoms. The molecule has 78 valence electrons. The maximum atomic E-state index is 13.8. The minimum atomic E-state index is -0.343. The molecule has 3 aromatic carbocycles. The third-order valence-corrected chi connectivity index (χ3v) is 3.11. The van der Waals surface area contributed by atoms with Crippen LogP contribution in [0.5, 0.6) is 0 Å². The quantitative estimate of drug-likeness (QED) is 0.488. The molecular formula is C14H8ClF. The molecular weight excluding hydrogens is 223 g/mol. The first kappa shape index (κ1) is 9.61. The highest BCUT2D eigenvalue weighted by atomic mass is 35.5.